The van der Waals surface area contributed by atoms with Crippen LogP contribution in [0.2, 0.25) is 0 Å². The standard InChI is InChI=1S/C24H17F4N5O2/c25-16-4-3-12(15-9-31-33-21(15)16)18-14-8-17(35-11-6-10(7-11)24(26,27)28)22-13(2-1-5-30-22)20(14)32-23(34)19(18)29/h1-5,8-11H,6-7,29H2,(H,31,33)(H,32,34). The molecule has 1 aliphatic rings. The molecular formula is C24H17F4N5O2. The lowest BCUT2D eigenvalue weighted by atomic mass is 9.82. The molecule has 0 saturated heterocycles. The highest BCUT2D eigenvalue weighted by Gasteiger charge is 2.49. The van der Waals surface area contributed by atoms with Crippen LogP contribution in [0.15, 0.2) is 47.5 Å². The second kappa shape index (κ2) is 7.42. The van der Waals surface area contributed by atoms with E-state index in [4.69, 9.17) is 10.5 Å². The number of hydrogen-bond acceptors (Lipinski definition) is 5. The van der Waals surface area contributed by atoms with Gasteiger partial charge in [-0.1, -0.05) is 6.07 Å². The molecule has 0 aliphatic heterocycles. The molecule has 3 heterocycles. The van der Waals surface area contributed by atoms with Crippen LogP contribution in [-0.4, -0.2) is 32.4 Å². The Labute approximate surface area is 193 Å². The highest BCUT2D eigenvalue weighted by molar-refractivity contribution is 6.15. The number of nitrogens with two attached hydrogens (primary N) is 1. The van der Waals surface area contributed by atoms with Gasteiger partial charge >= 0.3 is 6.18 Å². The van der Waals surface area contributed by atoms with Gasteiger partial charge in [-0.15, -0.1) is 0 Å². The highest BCUT2D eigenvalue weighted by Crippen LogP contribution is 2.45. The van der Waals surface area contributed by atoms with Gasteiger partial charge in [0.15, 0.2) is 0 Å². The number of nitrogens with zero attached hydrogens (tertiary/aromatic N) is 2. The minimum absolute atomic E-state index is 0.0958. The molecule has 5 aromatic rings. The summed E-state index contributed by atoms with van der Waals surface area (Å²) in [5, 5.41) is 7.96. The molecule has 1 aliphatic carbocycles. The molecule has 35 heavy (non-hydrogen) atoms. The second-order valence-corrected chi connectivity index (χ2v) is 8.64. The summed E-state index contributed by atoms with van der Waals surface area (Å²) in [4.78, 5) is 20.0. The Hall–Kier alpha value is -4.15. The van der Waals surface area contributed by atoms with Crippen LogP contribution in [0.5, 0.6) is 5.75 Å². The first kappa shape index (κ1) is 21.4. The molecule has 0 unspecified atom stereocenters. The van der Waals surface area contributed by atoms with Crippen molar-refractivity contribution in [2.45, 2.75) is 25.1 Å². The third-order valence-corrected chi connectivity index (χ3v) is 6.56. The number of nitrogen functional groups attached to an aromatic ring is 1. The van der Waals surface area contributed by atoms with Crippen LogP contribution in [0.3, 0.4) is 0 Å². The summed E-state index contributed by atoms with van der Waals surface area (Å²) in [7, 11) is 0. The van der Waals surface area contributed by atoms with Crippen molar-refractivity contribution in [3.05, 3.63) is 58.9 Å². The minimum atomic E-state index is -4.26. The van der Waals surface area contributed by atoms with E-state index in [-0.39, 0.29) is 29.8 Å². The second-order valence-electron chi connectivity index (χ2n) is 8.64. The SMILES string of the molecule is Nc1c(-c2ccc(F)c3[nH]ncc23)c2cc(OC3CC(C(F)(F)F)C3)c3ncccc3c2[nH]c1=O. The first-order valence-corrected chi connectivity index (χ1v) is 10.8. The minimum Gasteiger partial charge on any atom is -0.488 e. The summed E-state index contributed by atoms with van der Waals surface area (Å²) in [5.74, 6) is -1.64. The number of anilines is 1. The van der Waals surface area contributed by atoms with Crippen LogP contribution in [0, 0.1) is 11.7 Å². The van der Waals surface area contributed by atoms with Crippen LogP contribution in [0.1, 0.15) is 12.8 Å². The van der Waals surface area contributed by atoms with E-state index in [1.54, 1.807) is 18.2 Å². The monoisotopic (exact) mass is 483 g/mol. The van der Waals surface area contributed by atoms with Gasteiger partial charge in [-0.2, -0.15) is 18.3 Å². The van der Waals surface area contributed by atoms with Crippen LogP contribution in [0.4, 0.5) is 23.2 Å². The van der Waals surface area contributed by atoms with Gasteiger partial charge in [-0.3, -0.25) is 14.9 Å². The summed E-state index contributed by atoms with van der Waals surface area (Å²) in [5.41, 5.74) is 7.38. The number of benzene rings is 2. The van der Waals surface area contributed by atoms with Gasteiger partial charge in [0, 0.05) is 27.9 Å². The molecular weight excluding hydrogens is 466 g/mol. The van der Waals surface area contributed by atoms with Gasteiger partial charge in [0.05, 0.1) is 17.6 Å². The van der Waals surface area contributed by atoms with Crippen LogP contribution < -0.4 is 16.0 Å². The molecule has 0 atom stereocenters. The predicted octanol–water partition coefficient (Wildman–Crippen LogP) is 5.06. The van der Waals surface area contributed by atoms with Crippen molar-refractivity contribution in [1.29, 1.82) is 0 Å². The molecule has 3 aromatic heterocycles. The van der Waals surface area contributed by atoms with E-state index in [0.29, 0.717) is 38.3 Å². The van der Waals surface area contributed by atoms with Gasteiger partial charge in [0.2, 0.25) is 0 Å². The third kappa shape index (κ3) is 3.29. The van der Waals surface area contributed by atoms with Crippen molar-refractivity contribution in [3.8, 4) is 16.9 Å². The van der Waals surface area contributed by atoms with Crippen LogP contribution in [-0.2, 0) is 0 Å². The summed E-state index contributed by atoms with van der Waals surface area (Å²) >= 11 is 0. The number of H-pyrrole nitrogens is 2. The molecule has 0 radical (unpaired) electrons. The zero-order valence-electron chi connectivity index (χ0n) is 17.9. The summed E-state index contributed by atoms with van der Waals surface area (Å²) in [6, 6.07) is 7.77. The van der Waals surface area contributed by atoms with E-state index < -0.39 is 29.6 Å². The van der Waals surface area contributed by atoms with Crippen molar-refractivity contribution in [1.82, 2.24) is 20.2 Å². The zero-order chi connectivity index (χ0) is 24.5. The number of aromatic nitrogens is 4. The smallest absolute Gasteiger partial charge is 0.392 e. The maximum Gasteiger partial charge on any atom is 0.392 e. The third-order valence-electron chi connectivity index (χ3n) is 6.56. The van der Waals surface area contributed by atoms with Crippen molar-refractivity contribution >= 4 is 38.4 Å². The highest BCUT2D eigenvalue weighted by atomic mass is 19.4. The van der Waals surface area contributed by atoms with Gasteiger partial charge < -0.3 is 15.5 Å². The van der Waals surface area contributed by atoms with Gasteiger partial charge in [0.25, 0.3) is 5.56 Å². The average Bonchev–Trinajstić information content (AvgIpc) is 3.28. The molecule has 1 fully saturated rings. The van der Waals surface area contributed by atoms with Gasteiger partial charge in [0.1, 0.15) is 34.4 Å². The number of fused-ring (bicyclic) bond motifs is 4. The topological polar surface area (TPSA) is 110 Å². The lowest BCUT2D eigenvalue weighted by Gasteiger charge is -2.36. The molecule has 2 aromatic carbocycles. The van der Waals surface area contributed by atoms with Crippen molar-refractivity contribution < 1.29 is 22.3 Å². The molecule has 0 bridgehead atoms. The first-order valence-electron chi connectivity index (χ1n) is 10.8. The normalized spacial score (nSPS) is 18.3. The first-order chi connectivity index (χ1) is 16.7. The van der Waals surface area contributed by atoms with Crippen LogP contribution in [0.25, 0.3) is 43.8 Å². The molecule has 0 spiro atoms. The fourth-order valence-corrected chi connectivity index (χ4v) is 4.70. The molecule has 0 amide bonds. The van der Waals surface area contributed by atoms with Crippen molar-refractivity contribution in [3.63, 3.8) is 0 Å². The lowest BCUT2D eigenvalue weighted by molar-refractivity contribution is -0.210. The van der Waals surface area contributed by atoms with Crippen molar-refractivity contribution in [2.24, 2.45) is 5.92 Å². The molecule has 11 heteroatoms. The number of ether oxygens (including phenoxy) is 1. The number of nitrogens with one attached hydrogen (secondary N) is 2. The fourth-order valence-electron chi connectivity index (χ4n) is 4.70. The van der Waals surface area contributed by atoms with E-state index in [1.165, 1.54) is 24.5 Å². The molecule has 1 saturated carbocycles. The zero-order valence-corrected chi connectivity index (χ0v) is 17.9. The molecule has 4 N–H and O–H groups in total. The number of halogens is 4. The number of rotatable bonds is 3. The van der Waals surface area contributed by atoms with E-state index in [2.05, 4.69) is 20.2 Å². The Morgan fingerprint density at radius 2 is 1.89 bits per heavy atom. The Morgan fingerprint density at radius 3 is 2.66 bits per heavy atom. The van der Waals surface area contributed by atoms with Crippen LogP contribution >= 0.6 is 0 Å². The average molecular weight is 483 g/mol. The molecule has 6 rings (SSSR count). The summed E-state index contributed by atoms with van der Waals surface area (Å²) in [6.07, 6.45) is -2.21. The van der Waals surface area contributed by atoms with Crippen molar-refractivity contribution in [2.75, 3.05) is 5.73 Å². The number of pyridine rings is 2. The molecule has 7 nitrogen and oxygen atoms in total. The van der Waals surface area contributed by atoms with E-state index >= 15 is 0 Å². The Kier molecular flexibility index (Phi) is 4.54. The number of aromatic amines is 2. The predicted molar refractivity (Wildman–Crippen MR) is 123 cm³/mol. The Balaban J connectivity index is 1.59. The maximum absolute atomic E-state index is 14.3. The van der Waals surface area contributed by atoms with E-state index in [0.717, 1.165) is 0 Å². The van der Waals surface area contributed by atoms with Gasteiger partial charge in [-0.05, 0) is 42.7 Å². The number of alkyl halides is 3. The summed E-state index contributed by atoms with van der Waals surface area (Å²) < 4.78 is 59.2. The van der Waals surface area contributed by atoms with E-state index in [1.807, 2.05) is 0 Å². The fraction of sp³-hybridized carbons (Fsp3) is 0.208. The lowest BCUT2D eigenvalue weighted by Crippen LogP contribution is -2.42. The van der Waals surface area contributed by atoms with Gasteiger partial charge in [-0.25, -0.2) is 4.39 Å². The Morgan fingerprint density at radius 1 is 1.09 bits per heavy atom. The maximum atomic E-state index is 14.3. The molecule has 178 valence electrons. The largest absolute Gasteiger partial charge is 0.488 e. The summed E-state index contributed by atoms with van der Waals surface area (Å²) in [6.45, 7) is 0. The van der Waals surface area contributed by atoms with E-state index in [9.17, 15) is 22.4 Å². The quantitative estimate of drug-likeness (QED) is 0.246. The Bertz CT molecular complexity index is 1690. The number of hydrogen-bond donors (Lipinski definition) is 3.